The summed E-state index contributed by atoms with van der Waals surface area (Å²) in [4.78, 5) is 0.976. The summed E-state index contributed by atoms with van der Waals surface area (Å²) in [7, 11) is 0. The molecule has 1 aromatic rings. The third kappa shape index (κ3) is 2.86. The van der Waals surface area contributed by atoms with Crippen LogP contribution in [0.15, 0.2) is 11.4 Å². The van der Waals surface area contributed by atoms with E-state index in [1.807, 2.05) is 11.4 Å². The Labute approximate surface area is 113 Å². The van der Waals surface area contributed by atoms with Crippen LogP contribution in [-0.4, -0.2) is 5.11 Å². The number of hydrogen-bond acceptors (Lipinski definition) is 2. The quantitative estimate of drug-likeness (QED) is 0.765. The number of aliphatic hydroxyl groups is 1. The van der Waals surface area contributed by atoms with Gasteiger partial charge in [0.15, 0.2) is 0 Å². The molecule has 2 unspecified atom stereocenters. The van der Waals surface area contributed by atoms with Crippen LogP contribution >= 0.6 is 22.9 Å². The molecule has 1 N–H and O–H groups in total. The number of rotatable bonds is 2. The van der Waals surface area contributed by atoms with E-state index < -0.39 is 5.60 Å². The summed E-state index contributed by atoms with van der Waals surface area (Å²) in [5.74, 6) is 1.47. The highest BCUT2D eigenvalue weighted by atomic mass is 35.5. The van der Waals surface area contributed by atoms with Gasteiger partial charge < -0.3 is 5.11 Å². The van der Waals surface area contributed by atoms with E-state index in [-0.39, 0.29) is 0 Å². The summed E-state index contributed by atoms with van der Waals surface area (Å²) in [6.45, 7) is 4.57. The number of halogens is 1. The second-order valence-corrected chi connectivity index (χ2v) is 6.89. The maximum atomic E-state index is 10.8. The third-order valence-corrected chi connectivity index (χ3v) is 5.61. The lowest BCUT2D eigenvalue weighted by Gasteiger charge is -2.26. The van der Waals surface area contributed by atoms with Gasteiger partial charge in [-0.05, 0) is 49.0 Å². The Bertz CT molecular complexity index is 374. The highest BCUT2D eigenvalue weighted by molar-refractivity contribution is 7.10. The minimum Gasteiger partial charge on any atom is -0.384 e. The molecule has 1 nitrogen and oxygen atoms in total. The Kier molecular flexibility index (Phi) is 4.17. The van der Waals surface area contributed by atoms with Gasteiger partial charge in [-0.1, -0.05) is 31.9 Å². The van der Waals surface area contributed by atoms with Gasteiger partial charge in [0.05, 0.1) is 9.90 Å². The van der Waals surface area contributed by atoms with Crippen molar-refractivity contribution in [3.05, 3.63) is 21.3 Å². The maximum Gasteiger partial charge on any atom is 0.100 e. The summed E-state index contributed by atoms with van der Waals surface area (Å²) in [6, 6.07) is 1.89. The van der Waals surface area contributed by atoms with Crippen molar-refractivity contribution in [2.24, 2.45) is 11.8 Å². The minimum absolute atomic E-state index is 0.672. The fourth-order valence-electron chi connectivity index (χ4n) is 2.87. The fraction of sp³-hybridized carbons (Fsp3) is 0.714. The van der Waals surface area contributed by atoms with Crippen molar-refractivity contribution >= 4 is 22.9 Å². The molecular weight excluding hydrogens is 252 g/mol. The average molecular weight is 273 g/mol. The number of hydrogen-bond donors (Lipinski definition) is 1. The van der Waals surface area contributed by atoms with Gasteiger partial charge in [-0.25, -0.2) is 0 Å². The summed E-state index contributed by atoms with van der Waals surface area (Å²) < 4.78 is 0. The van der Waals surface area contributed by atoms with Crippen LogP contribution in [0.1, 0.15) is 50.8 Å². The molecule has 1 heterocycles. The molecule has 1 aliphatic carbocycles. The van der Waals surface area contributed by atoms with Gasteiger partial charge in [-0.15, -0.1) is 11.3 Å². The smallest absolute Gasteiger partial charge is 0.100 e. The maximum absolute atomic E-state index is 10.8. The highest BCUT2D eigenvalue weighted by Gasteiger charge is 2.35. The van der Waals surface area contributed by atoms with Gasteiger partial charge in [-0.3, -0.25) is 0 Å². The fourth-order valence-corrected chi connectivity index (χ4v) is 4.26. The van der Waals surface area contributed by atoms with Crippen LogP contribution in [0.2, 0.25) is 5.02 Å². The molecule has 0 radical (unpaired) electrons. The second kappa shape index (κ2) is 5.29. The van der Waals surface area contributed by atoms with Crippen molar-refractivity contribution in [2.45, 2.75) is 51.6 Å². The van der Waals surface area contributed by atoms with E-state index in [1.54, 1.807) is 11.3 Å². The zero-order chi connectivity index (χ0) is 12.5. The molecule has 1 fully saturated rings. The standard InChI is InChI=1S/C14H21ClOS/c1-10(2)11-4-3-7-14(16,8-5-11)13-12(15)6-9-17-13/h6,9-11,16H,3-5,7-8H2,1-2H3. The molecule has 0 spiro atoms. The van der Waals surface area contributed by atoms with Gasteiger partial charge in [0.1, 0.15) is 5.60 Å². The molecule has 1 aliphatic rings. The number of thiophene rings is 1. The van der Waals surface area contributed by atoms with Crippen molar-refractivity contribution in [3.63, 3.8) is 0 Å². The molecule has 2 atom stereocenters. The van der Waals surface area contributed by atoms with Crippen molar-refractivity contribution in [1.82, 2.24) is 0 Å². The largest absolute Gasteiger partial charge is 0.384 e. The van der Waals surface area contributed by atoms with Crippen LogP contribution in [0.5, 0.6) is 0 Å². The summed E-state index contributed by atoms with van der Waals surface area (Å²) in [6.07, 6.45) is 5.17. The van der Waals surface area contributed by atoms with Gasteiger partial charge >= 0.3 is 0 Å². The Hall–Kier alpha value is -0.0500. The first kappa shape index (κ1) is 13.4. The Morgan fingerprint density at radius 3 is 2.76 bits per heavy atom. The van der Waals surface area contributed by atoms with Gasteiger partial charge in [0, 0.05) is 0 Å². The molecule has 2 rings (SSSR count). The first-order chi connectivity index (χ1) is 8.03. The van der Waals surface area contributed by atoms with Crippen LogP contribution in [0.3, 0.4) is 0 Å². The predicted octanol–water partition coefficient (Wildman–Crippen LogP) is 4.83. The van der Waals surface area contributed by atoms with Crippen LogP contribution in [0.4, 0.5) is 0 Å². The Morgan fingerprint density at radius 2 is 2.18 bits per heavy atom. The van der Waals surface area contributed by atoms with E-state index in [9.17, 15) is 5.11 Å². The Balaban J connectivity index is 2.15. The van der Waals surface area contributed by atoms with E-state index in [4.69, 9.17) is 11.6 Å². The van der Waals surface area contributed by atoms with Crippen LogP contribution in [0, 0.1) is 11.8 Å². The van der Waals surface area contributed by atoms with Gasteiger partial charge in [0.2, 0.25) is 0 Å². The summed E-state index contributed by atoms with van der Waals surface area (Å²) in [5, 5.41) is 13.5. The lowest BCUT2D eigenvalue weighted by atomic mass is 9.87. The second-order valence-electron chi connectivity index (χ2n) is 5.56. The molecule has 0 aromatic carbocycles. The summed E-state index contributed by atoms with van der Waals surface area (Å²) in [5.41, 5.74) is -0.672. The minimum atomic E-state index is -0.672. The topological polar surface area (TPSA) is 20.2 Å². The summed E-state index contributed by atoms with van der Waals surface area (Å²) >= 11 is 7.76. The van der Waals surface area contributed by atoms with Crippen molar-refractivity contribution in [3.8, 4) is 0 Å². The van der Waals surface area contributed by atoms with E-state index in [0.29, 0.717) is 0 Å². The third-order valence-electron chi connectivity index (χ3n) is 4.08. The molecule has 96 valence electrons. The molecule has 1 saturated carbocycles. The first-order valence-corrected chi connectivity index (χ1v) is 7.74. The van der Waals surface area contributed by atoms with Crippen molar-refractivity contribution < 1.29 is 5.11 Å². The molecule has 0 aliphatic heterocycles. The van der Waals surface area contributed by atoms with Crippen LogP contribution < -0.4 is 0 Å². The molecule has 0 bridgehead atoms. The van der Waals surface area contributed by atoms with E-state index in [1.165, 1.54) is 6.42 Å². The van der Waals surface area contributed by atoms with E-state index in [0.717, 1.165) is 47.4 Å². The zero-order valence-corrected chi connectivity index (χ0v) is 12.2. The van der Waals surface area contributed by atoms with Crippen LogP contribution in [0.25, 0.3) is 0 Å². The lowest BCUT2D eigenvalue weighted by molar-refractivity contribution is 0.0228. The lowest BCUT2D eigenvalue weighted by Crippen LogP contribution is -2.24. The predicted molar refractivity (Wildman–Crippen MR) is 74.6 cm³/mol. The molecular formula is C14H21ClOS. The van der Waals surface area contributed by atoms with Gasteiger partial charge in [0.25, 0.3) is 0 Å². The molecule has 3 heteroatoms. The van der Waals surface area contributed by atoms with Crippen molar-refractivity contribution in [1.29, 1.82) is 0 Å². The molecule has 17 heavy (non-hydrogen) atoms. The van der Waals surface area contributed by atoms with Crippen molar-refractivity contribution in [2.75, 3.05) is 0 Å². The molecule has 1 aromatic heterocycles. The van der Waals surface area contributed by atoms with E-state index in [2.05, 4.69) is 13.8 Å². The average Bonchev–Trinajstić information content (AvgIpc) is 2.59. The first-order valence-electron chi connectivity index (χ1n) is 6.49. The molecule has 0 amide bonds. The monoisotopic (exact) mass is 272 g/mol. The van der Waals surface area contributed by atoms with E-state index >= 15 is 0 Å². The highest BCUT2D eigenvalue weighted by Crippen LogP contribution is 2.44. The van der Waals surface area contributed by atoms with Gasteiger partial charge in [-0.2, -0.15) is 0 Å². The Morgan fingerprint density at radius 1 is 1.41 bits per heavy atom. The zero-order valence-electron chi connectivity index (χ0n) is 10.6. The molecule has 0 saturated heterocycles. The SMILES string of the molecule is CC(C)C1CCCC(O)(c2sccc2Cl)CC1. The normalized spacial score (nSPS) is 30.5. The van der Waals surface area contributed by atoms with Crippen LogP contribution in [-0.2, 0) is 5.60 Å².